The van der Waals surface area contributed by atoms with Gasteiger partial charge in [-0.05, 0) is 22.0 Å². The van der Waals surface area contributed by atoms with E-state index in [-0.39, 0.29) is 0 Å². The molecule has 1 atom stereocenters. The van der Waals surface area contributed by atoms with Gasteiger partial charge in [0, 0.05) is 33.5 Å². The number of aryl methyl sites for hydroxylation is 1. The Balaban J connectivity index is 2.28. The van der Waals surface area contributed by atoms with Crippen LogP contribution < -0.4 is 0 Å². The predicted molar refractivity (Wildman–Crippen MR) is 59.3 cm³/mol. The van der Waals surface area contributed by atoms with Crippen molar-refractivity contribution in [2.45, 2.75) is 6.10 Å². The molecule has 0 aromatic carbocycles. The number of aromatic nitrogens is 2. The van der Waals surface area contributed by atoms with Gasteiger partial charge in [-0.1, -0.05) is 0 Å². The maximum atomic E-state index is 9.95. The zero-order valence-corrected chi connectivity index (χ0v) is 9.92. The molecule has 0 aliphatic heterocycles. The van der Waals surface area contributed by atoms with Crippen LogP contribution in [-0.2, 0) is 7.05 Å². The standard InChI is InChI=1S/C9H9BrN2OS/c1-12-4-6(3-11-12)9(13)8-2-7(10)5-14-8/h2-5,9,13H,1H3. The van der Waals surface area contributed by atoms with Crippen LogP contribution in [0.3, 0.4) is 0 Å². The summed E-state index contributed by atoms with van der Waals surface area (Å²) in [6, 6.07) is 1.92. The van der Waals surface area contributed by atoms with Crippen LogP contribution in [0.4, 0.5) is 0 Å². The Morgan fingerprint density at radius 3 is 2.93 bits per heavy atom. The van der Waals surface area contributed by atoms with Crippen LogP contribution in [0.5, 0.6) is 0 Å². The number of hydrogen-bond acceptors (Lipinski definition) is 3. The minimum Gasteiger partial charge on any atom is -0.383 e. The van der Waals surface area contributed by atoms with E-state index in [9.17, 15) is 5.11 Å². The highest BCUT2D eigenvalue weighted by molar-refractivity contribution is 9.10. The zero-order valence-electron chi connectivity index (χ0n) is 7.51. The fraction of sp³-hybridized carbons (Fsp3) is 0.222. The van der Waals surface area contributed by atoms with Crippen molar-refractivity contribution in [2.24, 2.45) is 7.05 Å². The van der Waals surface area contributed by atoms with E-state index < -0.39 is 6.10 Å². The fourth-order valence-corrected chi connectivity index (χ4v) is 2.67. The molecule has 2 heterocycles. The molecule has 2 aromatic rings. The first-order valence-electron chi connectivity index (χ1n) is 4.07. The average Bonchev–Trinajstić information content (AvgIpc) is 2.73. The van der Waals surface area contributed by atoms with Crippen molar-refractivity contribution in [1.29, 1.82) is 0 Å². The molecule has 0 spiro atoms. The molecule has 0 saturated heterocycles. The van der Waals surface area contributed by atoms with E-state index >= 15 is 0 Å². The van der Waals surface area contributed by atoms with Crippen molar-refractivity contribution < 1.29 is 5.11 Å². The number of aliphatic hydroxyl groups excluding tert-OH is 1. The Labute approximate surface area is 94.1 Å². The first-order valence-corrected chi connectivity index (χ1v) is 5.74. The fourth-order valence-electron chi connectivity index (χ4n) is 1.22. The molecule has 1 N–H and O–H groups in total. The summed E-state index contributed by atoms with van der Waals surface area (Å²) in [6.07, 6.45) is 2.93. The molecule has 2 rings (SSSR count). The van der Waals surface area contributed by atoms with E-state index in [0.717, 1.165) is 14.9 Å². The molecule has 0 fully saturated rings. The van der Waals surface area contributed by atoms with Crippen molar-refractivity contribution in [3.05, 3.63) is 38.8 Å². The van der Waals surface area contributed by atoms with Gasteiger partial charge in [0.1, 0.15) is 6.10 Å². The van der Waals surface area contributed by atoms with Crippen LogP contribution in [0.15, 0.2) is 28.3 Å². The molecule has 3 nitrogen and oxygen atoms in total. The molecule has 0 bridgehead atoms. The van der Waals surface area contributed by atoms with E-state index in [1.807, 2.05) is 24.7 Å². The van der Waals surface area contributed by atoms with E-state index in [1.165, 1.54) is 11.3 Å². The monoisotopic (exact) mass is 272 g/mol. The van der Waals surface area contributed by atoms with Crippen molar-refractivity contribution in [2.75, 3.05) is 0 Å². The third-order valence-corrected chi connectivity index (χ3v) is 3.64. The molecule has 0 radical (unpaired) electrons. The number of halogens is 1. The summed E-state index contributed by atoms with van der Waals surface area (Å²) < 4.78 is 2.68. The number of aliphatic hydroxyl groups is 1. The molecule has 0 aliphatic carbocycles. The molecule has 1 unspecified atom stereocenters. The Hall–Kier alpha value is -0.650. The lowest BCUT2D eigenvalue weighted by molar-refractivity contribution is 0.224. The van der Waals surface area contributed by atoms with Gasteiger partial charge in [-0.25, -0.2) is 0 Å². The number of hydrogen-bond donors (Lipinski definition) is 1. The zero-order chi connectivity index (χ0) is 10.1. The Bertz CT molecular complexity index is 397. The quantitative estimate of drug-likeness (QED) is 0.911. The van der Waals surface area contributed by atoms with Crippen molar-refractivity contribution in [3.63, 3.8) is 0 Å². The molecular weight excluding hydrogens is 264 g/mol. The number of nitrogens with zero attached hydrogens (tertiary/aromatic N) is 2. The molecular formula is C9H9BrN2OS. The van der Waals surface area contributed by atoms with Gasteiger partial charge < -0.3 is 5.11 Å². The summed E-state index contributed by atoms with van der Waals surface area (Å²) >= 11 is 4.88. The lowest BCUT2D eigenvalue weighted by Gasteiger charge is -2.03. The van der Waals surface area contributed by atoms with Gasteiger partial charge in [-0.2, -0.15) is 5.10 Å². The minimum atomic E-state index is -0.569. The smallest absolute Gasteiger partial charge is 0.116 e. The second kappa shape index (κ2) is 3.84. The van der Waals surface area contributed by atoms with Gasteiger partial charge in [0.15, 0.2) is 0 Å². The summed E-state index contributed by atoms with van der Waals surface area (Å²) in [4.78, 5) is 0.921. The summed E-state index contributed by atoms with van der Waals surface area (Å²) in [5, 5.41) is 15.9. The van der Waals surface area contributed by atoms with Crippen LogP contribution in [0.25, 0.3) is 0 Å². The second-order valence-electron chi connectivity index (χ2n) is 3.02. The number of thiophene rings is 1. The van der Waals surface area contributed by atoms with Crippen LogP contribution in [0, 0.1) is 0 Å². The van der Waals surface area contributed by atoms with Gasteiger partial charge >= 0.3 is 0 Å². The highest BCUT2D eigenvalue weighted by atomic mass is 79.9. The summed E-state index contributed by atoms with van der Waals surface area (Å²) in [6.45, 7) is 0. The minimum absolute atomic E-state index is 0.569. The van der Waals surface area contributed by atoms with Gasteiger partial charge in [0.25, 0.3) is 0 Å². The van der Waals surface area contributed by atoms with Gasteiger partial charge in [-0.15, -0.1) is 11.3 Å². The summed E-state index contributed by atoms with van der Waals surface area (Å²) in [7, 11) is 1.83. The number of rotatable bonds is 2. The van der Waals surface area contributed by atoms with E-state index in [0.29, 0.717) is 0 Å². The van der Waals surface area contributed by atoms with Crippen molar-refractivity contribution in [1.82, 2.24) is 9.78 Å². The normalized spacial score (nSPS) is 13.1. The highest BCUT2D eigenvalue weighted by Crippen LogP contribution is 2.29. The Morgan fingerprint density at radius 1 is 1.64 bits per heavy atom. The molecule has 74 valence electrons. The second-order valence-corrected chi connectivity index (χ2v) is 4.88. The summed E-state index contributed by atoms with van der Waals surface area (Å²) in [5.41, 5.74) is 0.821. The molecule has 5 heteroatoms. The Kier molecular flexibility index (Phi) is 2.71. The molecule has 0 saturated carbocycles. The first kappa shape index (κ1) is 9.89. The largest absolute Gasteiger partial charge is 0.383 e. The predicted octanol–water partition coefficient (Wildman–Crippen LogP) is 2.33. The lowest BCUT2D eigenvalue weighted by Crippen LogP contribution is -1.94. The van der Waals surface area contributed by atoms with Crippen LogP contribution in [-0.4, -0.2) is 14.9 Å². The topological polar surface area (TPSA) is 38.0 Å². The molecule has 2 aromatic heterocycles. The third-order valence-electron chi connectivity index (χ3n) is 1.90. The summed E-state index contributed by atoms with van der Waals surface area (Å²) in [5.74, 6) is 0. The van der Waals surface area contributed by atoms with Crippen molar-refractivity contribution >= 4 is 27.3 Å². The van der Waals surface area contributed by atoms with Crippen LogP contribution in [0.2, 0.25) is 0 Å². The van der Waals surface area contributed by atoms with Gasteiger partial charge in [0.2, 0.25) is 0 Å². The SMILES string of the molecule is Cn1cc(C(O)c2cc(Br)cs2)cn1. The lowest BCUT2D eigenvalue weighted by atomic mass is 10.2. The molecule has 0 aliphatic rings. The highest BCUT2D eigenvalue weighted by Gasteiger charge is 2.13. The van der Waals surface area contributed by atoms with E-state index in [1.54, 1.807) is 10.9 Å². The van der Waals surface area contributed by atoms with E-state index in [2.05, 4.69) is 21.0 Å². The van der Waals surface area contributed by atoms with Crippen LogP contribution in [0.1, 0.15) is 16.5 Å². The average molecular weight is 273 g/mol. The first-order chi connectivity index (χ1) is 6.66. The molecule has 14 heavy (non-hydrogen) atoms. The molecule has 0 amide bonds. The maximum Gasteiger partial charge on any atom is 0.116 e. The van der Waals surface area contributed by atoms with Crippen molar-refractivity contribution in [3.8, 4) is 0 Å². The van der Waals surface area contributed by atoms with E-state index in [4.69, 9.17) is 0 Å². The maximum absolute atomic E-state index is 9.95. The third kappa shape index (κ3) is 1.89. The Morgan fingerprint density at radius 2 is 2.43 bits per heavy atom. The van der Waals surface area contributed by atoms with Gasteiger partial charge in [0.05, 0.1) is 6.20 Å². The van der Waals surface area contributed by atoms with Crippen LogP contribution >= 0.6 is 27.3 Å². The van der Waals surface area contributed by atoms with Gasteiger partial charge in [-0.3, -0.25) is 4.68 Å².